The monoisotopic (exact) mass is 748 g/mol. The van der Waals surface area contributed by atoms with Crippen LogP contribution >= 0.6 is 0 Å². The average molecular weight is 749 g/mol. The van der Waals surface area contributed by atoms with Gasteiger partial charge in [0.05, 0.1) is 11.8 Å². The van der Waals surface area contributed by atoms with E-state index in [9.17, 15) is 28.8 Å². The first-order valence-electron chi connectivity index (χ1n) is 17.9. The number of benzene rings is 4. The number of hydrogen-bond donors (Lipinski definition) is 4. The van der Waals surface area contributed by atoms with E-state index in [1.807, 2.05) is 0 Å². The molecule has 12 nitrogen and oxygen atoms in total. The van der Waals surface area contributed by atoms with Crippen LogP contribution in [0.4, 0.5) is 0 Å². The number of carbonyl (C=O) groups is 6. The minimum absolute atomic E-state index is 0.0507. The van der Waals surface area contributed by atoms with Gasteiger partial charge in [0.25, 0.3) is 23.6 Å². The molecule has 12 heteroatoms. The van der Waals surface area contributed by atoms with Crippen LogP contribution in [0.15, 0.2) is 134 Å². The highest BCUT2D eigenvalue weighted by molar-refractivity contribution is 6.01. The van der Waals surface area contributed by atoms with Gasteiger partial charge in [-0.1, -0.05) is 97.1 Å². The van der Waals surface area contributed by atoms with Crippen molar-refractivity contribution >= 4 is 35.6 Å². The van der Waals surface area contributed by atoms with E-state index in [0.29, 0.717) is 0 Å². The Bertz CT molecular complexity index is 2040. The number of nitrogens with one attached hydrogen (secondary N) is 4. The fraction of sp³-hybridized carbons (Fsp3) is 0.136. The lowest BCUT2D eigenvalue weighted by Gasteiger charge is -2.14. The molecule has 0 fully saturated rings. The molecule has 10 rings (SSSR count). The number of ether oxygens (including phenoxy) is 2. The van der Waals surface area contributed by atoms with Crippen molar-refractivity contribution in [1.82, 2.24) is 21.3 Å². The lowest BCUT2D eigenvalue weighted by atomic mass is 10.1. The third kappa shape index (κ3) is 9.23. The third-order valence-corrected chi connectivity index (χ3v) is 9.20. The highest BCUT2D eigenvalue weighted by Gasteiger charge is 2.22. The van der Waals surface area contributed by atoms with Gasteiger partial charge < -0.3 is 30.7 Å². The second kappa shape index (κ2) is 16.8. The Morgan fingerprint density at radius 2 is 0.661 bits per heavy atom. The zero-order valence-corrected chi connectivity index (χ0v) is 30.0. The molecule has 0 saturated carbocycles. The summed E-state index contributed by atoms with van der Waals surface area (Å²) in [6, 6.07) is 22.9. The van der Waals surface area contributed by atoms with Crippen LogP contribution in [0, 0.1) is 11.8 Å². The van der Waals surface area contributed by atoms with Crippen molar-refractivity contribution in [3.8, 4) is 11.5 Å². The third-order valence-electron chi connectivity index (χ3n) is 9.20. The van der Waals surface area contributed by atoms with Crippen LogP contribution < -0.4 is 30.7 Å². The molecule has 56 heavy (non-hydrogen) atoms. The van der Waals surface area contributed by atoms with E-state index in [4.69, 9.17) is 9.47 Å². The fourth-order valence-corrected chi connectivity index (χ4v) is 6.07. The number of hydrogen-bond acceptors (Lipinski definition) is 8. The molecule has 4 N–H and O–H groups in total. The largest absolute Gasteiger partial charge is 0.426 e. The molecule has 6 aliphatic rings. The van der Waals surface area contributed by atoms with Crippen molar-refractivity contribution in [2.75, 3.05) is 0 Å². The summed E-state index contributed by atoms with van der Waals surface area (Å²) in [5.74, 6) is -4.09. The minimum Gasteiger partial charge on any atom is -0.426 e. The predicted octanol–water partition coefficient (Wildman–Crippen LogP) is 5.02. The van der Waals surface area contributed by atoms with Crippen molar-refractivity contribution in [1.29, 1.82) is 0 Å². The molecular weight excluding hydrogens is 713 g/mol. The highest BCUT2D eigenvalue weighted by atomic mass is 16.5. The van der Waals surface area contributed by atoms with Crippen LogP contribution in [0.1, 0.15) is 63.7 Å². The zero-order chi connectivity index (χ0) is 39.0. The number of carbonyl (C=O) groups excluding carboxylic acids is 6. The van der Waals surface area contributed by atoms with Gasteiger partial charge in [-0.3, -0.25) is 28.8 Å². The van der Waals surface area contributed by atoms with Crippen LogP contribution in [0.25, 0.3) is 0 Å². The molecule has 2 aliphatic carbocycles. The molecule has 4 aromatic rings. The topological polar surface area (TPSA) is 169 Å². The van der Waals surface area contributed by atoms with Crippen molar-refractivity contribution in [2.45, 2.75) is 26.2 Å². The molecule has 280 valence electrons. The maximum atomic E-state index is 13.4. The number of esters is 2. The molecule has 0 spiro atoms. The Labute approximate surface area is 322 Å². The molecule has 4 aliphatic heterocycles. The maximum Gasteiger partial charge on any atom is 0.322 e. The molecule has 4 heterocycles. The Morgan fingerprint density at radius 3 is 0.911 bits per heavy atom. The minimum atomic E-state index is -0.577. The van der Waals surface area contributed by atoms with Gasteiger partial charge in [0.2, 0.25) is 0 Å². The molecule has 0 atom stereocenters. The second-order valence-corrected chi connectivity index (χ2v) is 13.3. The van der Waals surface area contributed by atoms with Crippen molar-refractivity contribution < 1.29 is 38.2 Å². The van der Waals surface area contributed by atoms with Gasteiger partial charge in [-0.05, 0) is 58.7 Å². The summed E-state index contributed by atoms with van der Waals surface area (Å²) in [4.78, 5) is 79.1. The van der Waals surface area contributed by atoms with Crippen LogP contribution in [0.5, 0.6) is 11.5 Å². The average Bonchev–Trinajstić information content (AvgIpc) is 3.97. The van der Waals surface area contributed by atoms with Crippen LogP contribution in [0.2, 0.25) is 0 Å². The van der Waals surface area contributed by atoms with Gasteiger partial charge in [-0.2, -0.15) is 0 Å². The SMILES string of the molecule is O=C1NCc2ccc(cc2)CNC(=O)c2cc(OC(=O)C3C=CC=C3)cc(c2)C(=O)NCc2ccc(cc2)CNC(=O)c2cc(OC(=O)C3C=CC=C3)cc1c2. The van der Waals surface area contributed by atoms with Crippen LogP contribution in [-0.4, -0.2) is 35.6 Å². The lowest BCUT2D eigenvalue weighted by molar-refractivity contribution is -0.136. The number of amides is 4. The standard InChI is InChI=1S/C44H36N4O8/c49-39-33-17-34(20-37(19-33)55-43(53)31-5-1-2-6-31)40(50)46-24-28-11-15-30(16-12-28)26-48-42(52)36-18-35(21-38(22-36)56-44(54)32-7-3-4-8-32)41(51)47-25-29-13-9-27(10-14-29)23-45-39/h1-22,31-32H,23-26H2,(H,45,49)(H,46,50)(H,47,51)(H,48,52). The van der Waals surface area contributed by atoms with Gasteiger partial charge in [0.1, 0.15) is 11.5 Å². The summed E-state index contributed by atoms with van der Waals surface area (Å²) in [6.07, 6.45) is 13.7. The molecule has 0 unspecified atom stereocenters. The van der Waals surface area contributed by atoms with Gasteiger partial charge in [-0.15, -0.1) is 0 Å². The first kappa shape index (κ1) is 37.0. The lowest BCUT2D eigenvalue weighted by Crippen LogP contribution is -2.26. The second-order valence-electron chi connectivity index (χ2n) is 13.3. The quantitative estimate of drug-likeness (QED) is 0.167. The number of rotatable bonds is 4. The summed E-state index contributed by atoms with van der Waals surface area (Å²) < 4.78 is 11.2. The van der Waals surface area contributed by atoms with E-state index in [-0.39, 0.29) is 59.9 Å². The normalized spacial score (nSPS) is 16.0. The summed E-state index contributed by atoms with van der Waals surface area (Å²) in [7, 11) is 0. The fourth-order valence-electron chi connectivity index (χ4n) is 6.07. The van der Waals surface area contributed by atoms with E-state index in [1.54, 1.807) is 97.1 Å². The van der Waals surface area contributed by atoms with E-state index < -0.39 is 47.4 Å². The van der Waals surface area contributed by atoms with Gasteiger partial charge >= 0.3 is 11.9 Å². The van der Waals surface area contributed by atoms with E-state index in [1.165, 1.54) is 36.4 Å². The molecule has 4 amide bonds. The molecule has 0 radical (unpaired) electrons. The van der Waals surface area contributed by atoms with Gasteiger partial charge in [0.15, 0.2) is 0 Å². The molecule has 0 saturated heterocycles. The van der Waals surface area contributed by atoms with E-state index in [2.05, 4.69) is 21.3 Å². The molecule has 0 aromatic heterocycles. The molecule has 4 aromatic carbocycles. The highest BCUT2D eigenvalue weighted by Crippen LogP contribution is 2.23. The zero-order valence-electron chi connectivity index (χ0n) is 30.0. The maximum absolute atomic E-state index is 13.4. The first-order chi connectivity index (χ1) is 27.2. The summed E-state index contributed by atoms with van der Waals surface area (Å²) in [6.45, 7) is 0.585. The summed E-state index contributed by atoms with van der Waals surface area (Å²) in [5, 5.41) is 11.4. The smallest absolute Gasteiger partial charge is 0.322 e. The first-order valence-corrected chi connectivity index (χ1v) is 17.9. The van der Waals surface area contributed by atoms with E-state index >= 15 is 0 Å². The van der Waals surface area contributed by atoms with Crippen molar-refractivity contribution in [3.63, 3.8) is 0 Å². The van der Waals surface area contributed by atoms with Gasteiger partial charge in [-0.25, -0.2) is 0 Å². The summed E-state index contributed by atoms with van der Waals surface area (Å²) >= 11 is 0. The Hall–Kier alpha value is -7.34. The summed E-state index contributed by atoms with van der Waals surface area (Å²) in [5.41, 5.74) is 3.55. The Balaban J connectivity index is 1.14. The Kier molecular flexibility index (Phi) is 11.1. The van der Waals surface area contributed by atoms with Gasteiger partial charge in [0, 0.05) is 48.4 Å². The van der Waals surface area contributed by atoms with Crippen LogP contribution in [-0.2, 0) is 35.8 Å². The number of allylic oxidation sites excluding steroid dienone is 4. The molecule has 8 bridgehead atoms. The molecular formula is C44H36N4O8. The van der Waals surface area contributed by atoms with Crippen molar-refractivity contribution in [2.24, 2.45) is 11.8 Å². The Morgan fingerprint density at radius 1 is 0.411 bits per heavy atom. The van der Waals surface area contributed by atoms with Crippen molar-refractivity contribution in [3.05, 3.63) is 178 Å². The van der Waals surface area contributed by atoms with E-state index in [0.717, 1.165) is 22.3 Å². The predicted molar refractivity (Wildman–Crippen MR) is 205 cm³/mol. The van der Waals surface area contributed by atoms with Crippen LogP contribution in [0.3, 0.4) is 0 Å².